The number of pyridine rings is 2. The number of aromatic amines is 2. The number of carbonyl (C=O) groups excluding carboxylic acids is 1. The first-order chi connectivity index (χ1) is 13.8. The molecule has 1 atom stereocenters. The summed E-state index contributed by atoms with van der Waals surface area (Å²) in [5.74, 6) is -2.64. The van der Waals surface area contributed by atoms with Gasteiger partial charge < -0.3 is 19.6 Å². The smallest absolute Gasteiger partial charge is 0.262 e. The second-order valence-corrected chi connectivity index (χ2v) is 7.52. The molecule has 1 aromatic carbocycles. The van der Waals surface area contributed by atoms with Gasteiger partial charge in [0.15, 0.2) is 11.6 Å². The first-order valence-corrected chi connectivity index (χ1v) is 9.34. The van der Waals surface area contributed by atoms with E-state index in [0.29, 0.717) is 11.3 Å². The maximum Gasteiger partial charge on any atom is 0.262 e. The number of aromatic nitrogens is 2. The van der Waals surface area contributed by atoms with Crippen LogP contribution in [0.2, 0.25) is 0 Å². The van der Waals surface area contributed by atoms with E-state index in [9.17, 15) is 23.2 Å². The molecule has 4 rings (SSSR count). The van der Waals surface area contributed by atoms with Crippen molar-refractivity contribution in [3.63, 3.8) is 0 Å². The zero-order valence-corrected chi connectivity index (χ0v) is 16.6. The Kier molecular flexibility index (Phi) is 4.83. The predicted molar refractivity (Wildman–Crippen MR) is 104 cm³/mol. The number of benzene rings is 1. The lowest BCUT2D eigenvalue weighted by Crippen LogP contribution is -2.37. The Morgan fingerprint density at radius 2 is 1.86 bits per heavy atom. The Bertz CT molecular complexity index is 1270. The molecule has 29 heavy (non-hydrogen) atoms. The minimum absolute atomic E-state index is 0.0119. The monoisotopic (exact) mass is 465 g/mol. The molecule has 2 aromatic heterocycles. The average molecular weight is 466 g/mol. The zero-order chi connectivity index (χ0) is 20.9. The Balaban J connectivity index is 1.85. The molecule has 1 amide bonds. The fourth-order valence-corrected chi connectivity index (χ4v) is 3.83. The highest BCUT2D eigenvalue weighted by atomic mass is 79.9. The van der Waals surface area contributed by atoms with E-state index in [0.717, 1.165) is 12.1 Å². The molecule has 1 aliphatic heterocycles. The van der Waals surface area contributed by atoms with Crippen LogP contribution in [0.3, 0.4) is 0 Å². The van der Waals surface area contributed by atoms with Gasteiger partial charge in [-0.05, 0) is 39.5 Å². The minimum atomic E-state index is -1.13. The third-order valence-corrected chi connectivity index (χ3v) is 5.52. The summed E-state index contributed by atoms with van der Waals surface area (Å²) >= 11 is 3.08. The summed E-state index contributed by atoms with van der Waals surface area (Å²) in [6.45, 7) is 0.169. The van der Waals surface area contributed by atoms with Crippen molar-refractivity contribution >= 4 is 32.6 Å². The number of hydrogen-bond donors (Lipinski definition) is 2. The van der Waals surface area contributed by atoms with Crippen LogP contribution in [0.15, 0.2) is 38.5 Å². The SMILES string of the molecule is CN(C(=O)c1c[nH]c(=O)c(Br)c1)[C@H]1COCc2[nH]c(=O)c3cc(F)c(F)cc3c21. The van der Waals surface area contributed by atoms with Gasteiger partial charge in [-0.15, -0.1) is 0 Å². The molecule has 0 radical (unpaired) electrons. The molecule has 0 saturated heterocycles. The molecular formula is C19H14BrF2N3O4. The van der Waals surface area contributed by atoms with E-state index in [-0.39, 0.29) is 39.6 Å². The number of nitrogens with one attached hydrogen (secondary N) is 2. The average Bonchev–Trinajstić information content (AvgIpc) is 2.70. The normalized spacial score (nSPS) is 15.9. The van der Waals surface area contributed by atoms with Crippen molar-refractivity contribution in [3.8, 4) is 0 Å². The van der Waals surface area contributed by atoms with E-state index in [2.05, 4.69) is 25.9 Å². The van der Waals surface area contributed by atoms with Crippen LogP contribution in [0.1, 0.15) is 27.7 Å². The van der Waals surface area contributed by atoms with Crippen molar-refractivity contribution < 1.29 is 18.3 Å². The van der Waals surface area contributed by atoms with Crippen molar-refractivity contribution in [2.75, 3.05) is 13.7 Å². The van der Waals surface area contributed by atoms with E-state index in [1.165, 1.54) is 24.2 Å². The van der Waals surface area contributed by atoms with E-state index in [4.69, 9.17) is 4.74 Å². The highest BCUT2D eigenvalue weighted by molar-refractivity contribution is 9.10. The number of halogens is 3. The van der Waals surface area contributed by atoms with Gasteiger partial charge in [0.1, 0.15) is 0 Å². The highest BCUT2D eigenvalue weighted by Gasteiger charge is 2.31. The van der Waals surface area contributed by atoms with Crippen molar-refractivity contribution in [1.29, 1.82) is 0 Å². The van der Waals surface area contributed by atoms with Crippen LogP contribution in [0.5, 0.6) is 0 Å². The van der Waals surface area contributed by atoms with Gasteiger partial charge >= 0.3 is 0 Å². The van der Waals surface area contributed by atoms with Gasteiger partial charge in [0.05, 0.1) is 34.7 Å². The molecule has 10 heteroatoms. The second-order valence-electron chi connectivity index (χ2n) is 6.67. The molecule has 0 aliphatic carbocycles. The molecule has 0 fully saturated rings. The number of amides is 1. The largest absolute Gasteiger partial charge is 0.373 e. The number of carbonyl (C=O) groups is 1. The van der Waals surface area contributed by atoms with E-state index < -0.39 is 29.1 Å². The Labute approximate surface area is 170 Å². The molecule has 0 bridgehead atoms. The summed E-state index contributed by atoms with van der Waals surface area (Å²) in [6.07, 6.45) is 1.29. The fraction of sp³-hybridized carbons (Fsp3) is 0.211. The van der Waals surface area contributed by atoms with Gasteiger partial charge in [0.25, 0.3) is 17.0 Å². The minimum Gasteiger partial charge on any atom is -0.373 e. The molecule has 0 saturated carbocycles. The second kappa shape index (κ2) is 7.20. The predicted octanol–water partition coefficient (Wildman–Crippen LogP) is 2.60. The van der Waals surface area contributed by atoms with Gasteiger partial charge in [-0.25, -0.2) is 8.78 Å². The number of rotatable bonds is 2. The van der Waals surface area contributed by atoms with Gasteiger partial charge in [-0.2, -0.15) is 0 Å². The summed E-state index contributed by atoms with van der Waals surface area (Å²) in [5, 5.41) is 0.209. The van der Waals surface area contributed by atoms with Crippen LogP contribution in [0.25, 0.3) is 10.8 Å². The standard InChI is InChI=1S/C19H14BrF2N3O4/c1-25(19(28)8-2-11(20)18(27)23-5-8)15-7-29-6-14-16(15)9-3-12(21)13(22)4-10(9)17(26)24-14/h2-5,15H,6-7H2,1H3,(H,23,27)(H,24,26)/t15-/m0/s1. The lowest BCUT2D eigenvalue weighted by atomic mass is 9.95. The number of H-pyrrole nitrogens is 2. The maximum absolute atomic E-state index is 13.9. The zero-order valence-electron chi connectivity index (χ0n) is 15.0. The number of fused-ring (bicyclic) bond motifs is 3. The number of ether oxygens (including phenoxy) is 1. The first-order valence-electron chi connectivity index (χ1n) is 8.55. The van der Waals surface area contributed by atoms with Crippen molar-refractivity contribution in [2.45, 2.75) is 12.6 Å². The van der Waals surface area contributed by atoms with Crippen LogP contribution in [0, 0.1) is 11.6 Å². The lowest BCUT2D eigenvalue weighted by molar-refractivity contribution is 0.0335. The molecule has 150 valence electrons. The Hall–Kier alpha value is -2.85. The summed E-state index contributed by atoms with van der Waals surface area (Å²) in [6, 6.07) is 2.53. The summed E-state index contributed by atoms with van der Waals surface area (Å²) < 4.78 is 33.3. The first kappa shape index (κ1) is 19.5. The van der Waals surface area contributed by atoms with Gasteiger partial charge in [0.2, 0.25) is 0 Å². The van der Waals surface area contributed by atoms with E-state index in [1.807, 2.05) is 0 Å². The third-order valence-electron chi connectivity index (χ3n) is 4.93. The molecule has 0 unspecified atom stereocenters. The van der Waals surface area contributed by atoms with Crippen LogP contribution in [-0.4, -0.2) is 34.4 Å². The van der Waals surface area contributed by atoms with Crippen LogP contribution < -0.4 is 11.1 Å². The lowest BCUT2D eigenvalue weighted by Gasteiger charge is -2.33. The van der Waals surface area contributed by atoms with Gasteiger partial charge in [0, 0.05) is 24.5 Å². The molecular weight excluding hydrogens is 452 g/mol. The fourth-order valence-electron chi connectivity index (χ4n) is 3.47. The maximum atomic E-state index is 13.9. The summed E-state index contributed by atoms with van der Waals surface area (Å²) in [5.41, 5.74) is 0.158. The van der Waals surface area contributed by atoms with Crippen LogP contribution in [0.4, 0.5) is 8.78 Å². The topological polar surface area (TPSA) is 95.3 Å². The molecule has 0 spiro atoms. The molecule has 7 nitrogen and oxygen atoms in total. The third kappa shape index (κ3) is 3.28. The van der Waals surface area contributed by atoms with Crippen molar-refractivity contribution in [1.82, 2.24) is 14.9 Å². The Morgan fingerprint density at radius 3 is 2.55 bits per heavy atom. The van der Waals surface area contributed by atoms with E-state index >= 15 is 0 Å². The quantitative estimate of drug-likeness (QED) is 0.607. The Morgan fingerprint density at radius 1 is 1.17 bits per heavy atom. The van der Waals surface area contributed by atoms with Gasteiger partial charge in [-0.1, -0.05) is 0 Å². The van der Waals surface area contributed by atoms with Crippen molar-refractivity contribution in [2.24, 2.45) is 0 Å². The molecule has 2 N–H and O–H groups in total. The number of hydrogen-bond acceptors (Lipinski definition) is 4. The highest BCUT2D eigenvalue weighted by Crippen LogP contribution is 2.34. The number of likely N-dealkylation sites (N-methyl/N-ethyl adjacent to an activating group) is 1. The molecule has 3 heterocycles. The number of nitrogens with zero attached hydrogens (tertiary/aromatic N) is 1. The van der Waals surface area contributed by atoms with Crippen molar-refractivity contribution in [3.05, 3.63) is 78.0 Å². The van der Waals surface area contributed by atoms with E-state index in [1.54, 1.807) is 0 Å². The molecule has 3 aromatic rings. The summed E-state index contributed by atoms with van der Waals surface area (Å²) in [4.78, 5) is 43.2. The molecule has 1 aliphatic rings. The summed E-state index contributed by atoms with van der Waals surface area (Å²) in [7, 11) is 1.53. The van der Waals surface area contributed by atoms with Gasteiger partial charge in [-0.3, -0.25) is 14.4 Å². The van der Waals surface area contributed by atoms with Crippen LogP contribution in [-0.2, 0) is 11.3 Å². The van der Waals surface area contributed by atoms with Crippen LogP contribution >= 0.6 is 15.9 Å².